The molecule has 5 nitrogen and oxygen atoms in total. The SMILES string of the molecule is COc1cc(SC)ccc1C(=O)Nc1nnc(CC(C)(C)C)s1. The predicted octanol–water partition coefficient (Wildman–Crippen LogP) is 4.11. The lowest BCUT2D eigenvalue weighted by atomic mass is 9.93. The third-order valence-corrected chi connectivity index (χ3v) is 4.59. The molecule has 0 saturated carbocycles. The predicted molar refractivity (Wildman–Crippen MR) is 95.8 cm³/mol. The molecule has 1 heterocycles. The number of aromatic nitrogens is 2. The van der Waals surface area contributed by atoms with Crippen LogP contribution in [0.15, 0.2) is 23.1 Å². The molecule has 0 aliphatic heterocycles. The molecule has 2 aromatic rings. The number of hydrogen-bond acceptors (Lipinski definition) is 6. The number of carbonyl (C=O) groups excluding carboxylic acids is 1. The van der Waals surface area contributed by atoms with E-state index < -0.39 is 0 Å². The fourth-order valence-electron chi connectivity index (χ4n) is 1.98. The van der Waals surface area contributed by atoms with Crippen LogP contribution in [0.2, 0.25) is 0 Å². The van der Waals surface area contributed by atoms with Gasteiger partial charge in [-0.05, 0) is 29.9 Å². The van der Waals surface area contributed by atoms with E-state index in [1.54, 1.807) is 24.9 Å². The summed E-state index contributed by atoms with van der Waals surface area (Å²) in [4.78, 5) is 13.5. The molecule has 2 rings (SSSR count). The van der Waals surface area contributed by atoms with Crippen molar-refractivity contribution in [2.24, 2.45) is 5.41 Å². The minimum absolute atomic E-state index is 0.137. The number of thioether (sulfide) groups is 1. The molecule has 0 fully saturated rings. The number of ether oxygens (including phenoxy) is 1. The fourth-order valence-corrected chi connectivity index (χ4v) is 3.44. The Morgan fingerprint density at radius 3 is 2.70 bits per heavy atom. The normalized spacial score (nSPS) is 11.3. The second-order valence-electron chi connectivity index (χ2n) is 6.26. The van der Waals surface area contributed by atoms with E-state index in [4.69, 9.17) is 4.74 Å². The van der Waals surface area contributed by atoms with Gasteiger partial charge in [-0.3, -0.25) is 10.1 Å². The number of hydrogen-bond donors (Lipinski definition) is 1. The van der Waals surface area contributed by atoms with Gasteiger partial charge >= 0.3 is 0 Å². The summed E-state index contributed by atoms with van der Waals surface area (Å²) in [5, 5.41) is 12.4. The number of amides is 1. The molecular formula is C16H21N3O2S2. The van der Waals surface area contributed by atoms with Gasteiger partial charge < -0.3 is 4.74 Å². The van der Waals surface area contributed by atoms with Gasteiger partial charge in [-0.1, -0.05) is 32.1 Å². The summed E-state index contributed by atoms with van der Waals surface area (Å²) < 4.78 is 5.31. The second kappa shape index (κ2) is 7.31. The quantitative estimate of drug-likeness (QED) is 0.821. The van der Waals surface area contributed by atoms with Gasteiger partial charge in [0.15, 0.2) is 0 Å². The largest absolute Gasteiger partial charge is 0.496 e. The highest BCUT2D eigenvalue weighted by molar-refractivity contribution is 7.98. The molecule has 1 N–H and O–H groups in total. The lowest BCUT2D eigenvalue weighted by Gasteiger charge is -2.14. The van der Waals surface area contributed by atoms with Crippen LogP contribution in [0.1, 0.15) is 36.1 Å². The molecule has 0 unspecified atom stereocenters. The van der Waals surface area contributed by atoms with Crippen LogP contribution in [0.5, 0.6) is 5.75 Å². The average molecular weight is 351 g/mol. The van der Waals surface area contributed by atoms with Gasteiger partial charge in [0.05, 0.1) is 12.7 Å². The first-order valence-electron chi connectivity index (χ1n) is 7.18. The molecule has 0 radical (unpaired) electrons. The molecule has 7 heteroatoms. The number of carbonyl (C=O) groups is 1. The Kier molecular flexibility index (Phi) is 5.64. The van der Waals surface area contributed by atoms with Crippen LogP contribution in [0.3, 0.4) is 0 Å². The third-order valence-electron chi connectivity index (χ3n) is 3.02. The van der Waals surface area contributed by atoms with Crippen molar-refractivity contribution in [2.45, 2.75) is 32.1 Å². The minimum Gasteiger partial charge on any atom is -0.496 e. The van der Waals surface area contributed by atoms with Gasteiger partial charge in [-0.2, -0.15) is 0 Å². The van der Waals surface area contributed by atoms with Gasteiger partial charge in [0.25, 0.3) is 5.91 Å². The topological polar surface area (TPSA) is 64.1 Å². The first-order chi connectivity index (χ1) is 10.8. The monoisotopic (exact) mass is 351 g/mol. The lowest BCUT2D eigenvalue weighted by Crippen LogP contribution is -2.13. The first kappa shape index (κ1) is 17.7. The Labute approximate surface area is 144 Å². The Bertz CT molecular complexity index is 693. The number of anilines is 1. The molecule has 0 atom stereocenters. The van der Waals surface area contributed by atoms with Crippen molar-refractivity contribution in [3.05, 3.63) is 28.8 Å². The van der Waals surface area contributed by atoms with Crippen molar-refractivity contribution >= 4 is 34.1 Å². The van der Waals surface area contributed by atoms with Crippen LogP contribution in [-0.4, -0.2) is 29.5 Å². The molecular weight excluding hydrogens is 330 g/mol. The van der Waals surface area contributed by atoms with Crippen LogP contribution in [0.4, 0.5) is 5.13 Å². The van der Waals surface area contributed by atoms with Gasteiger partial charge in [0.1, 0.15) is 10.8 Å². The van der Waals surface area contributed by atoms with Crippen LogP contribution < -0.4 is 10.1 Å². The first-order valence-corrected chi connectivity index (χ1v) is 9.22. The van der Waals surface area contributed by atoms with E-state index in [0.29, 0.717) is 16.4 Å². The Hall–Kier alpha value is -1.60. The molecule has 0 aliphatic rings. The van der Waals surface area contributed by atoms with E-state index in [9.17, 15) is 4.79 Å². The van der Waals surface area contributed by atoms with Crippen molar-refractivity contribution in [1.29, 1.82) is 0 Å². The number of nitrogens with one attached hydrogen (secondary N) is 1. The summed E-state index contributed by atoms with van der Waals surface area (Å²) in [6, 6.07) is 5.51. The molecule has 23 heavy (non-hydrogen) atoms. The molecule has 0 spiro atoms. The zero-order valence-electron chi connectivity index (χ0n) is 14.0. The van der Waals surface area contributed by atoms with E-state index in [0.717, 1.165) is 16.3 Å². The van der Waals surface area contributed by atoms with E-state index in [1.165, 1.54) is 11.3 Å². The van der Waals surface area contributed by atoms with E-state index in [2.05, 4.69) is 36.3 Å². The highest BCUT2D eigenvalue weighted by atomic mass is 32.2. The zero-order chi connectivity index (χ0) is 17.0. The summed E-state index contributed by atoms with van der Waals surface area (Å²) in [5.41, 5.74) is 0.621. The van der Waals surface area contributed by atoms with Gasteiger partial charge in [-0.15, -0.1) is 22.0 Å². The van der Waals surface area contributed by atoms with Crippen molar-refractivity contribution in [1.82, 2.24) is 10.2 Å². The van der Waals surface area contributed by atoms with E-state index in [-0.39, 0.29) is 11.3 Å². The minimum atomic E-state index is -0.243. The average Bonchev–Trinajstić information content (AvgIpc) is 2.91. The van der Waals surface area contributed by atoms with Crippen molar-refractivity contribution in [3.63, 3.8) is 0 Å². The molecule has 0 aliphatic carbocycles. The van der Waals surface area contributed by atoms with E-state index in [1.807, 2.05) is 18.4 Å². The number of nitrogens with zero attached hydrogens (tertiary/aromatic N) is 2. The summed E-state index contributed by atoms with van der Waals surface area (Å²) in [7, 11) is 1.56. The Balaban J connectivity index is 2.13. The van der Waals surface area contributed by atoms with Crippen LogP contribution >= 0.6 is 23.1 Å². The molecule has 0 saturated heterocycles. The zero-order valence-corrected chi connectivity index (χ0v) is 15.6. The molecule has 1 aromatic heterocycles. The van der Waals surface area contributed by atoms with Gasteiger partial charge in [0.2, 0.25) is 5.13 Å². The van der Waals surface area contributed by atoms with Crippen LogP contribution in [0.25, 0.3) is 0 Å². The van der Waals surface area contributed by atoms with Gasteiger partial charge in [0, 0.05) is 11.3 Å². The molecule has 0 bridgehead atoms. The lowest BCUT2D eigenvalue weighted by molar-refractivity contribution is 0.102. The standard InChI is InChI=1S/C16H21N3O2S2/c1-16(2,3)9-13-18-19-15(23-13)17-14(20)11-7-6-10(22-5)8-12(11)21-4/h6-8H,9H2,1-5H3,(H,17,19,20). The van der Waals surface area contributed by atoms with Crippen molar-refractivity contribution in [3.8, 4) is 5.75 Å². The highest BCUT2D eigenvalue weighted by Gasteiger charge is 2.18. The van der Waals surface area contributed by atoms with E-state index >= 15 is 0 Å². The van der Waals surface area contributed by atoms with Crippen LogP contribution in [-0.2, 0) is 6.42 Å². The van der Waals surface area contributed by atoms with Crippen molar-refractivity contribution < 1.29 is 9.53 Å². The summed E-state index contributed by atoms with van der Waals surface area (Å²) in [6.45, 7) is 6.43. The fraction of sp³-hybridized carbons (Fsp3) is 0.438. The second-order valence-corrected chi connectivity index (χ2v) is 8.20. The van der Waals surface area contributed by atoms with Gasteiger partial charge in [-0.25, -0.2) is 0 Å². The summed E-state index contributed by atoms with van der Waals surface area (Å²) >= 11 is 3.00. The smallest absolute Gasteiger partial charge is 0.261 e. The molecule has 1 aromatic carbocycles. The Morgan fingerprint density at radius 1 is 1.35 bits per heavy atom. The van der Waals surface area contributed by atoms with Crippen molar-refractivity contribution in [2.75, 3.05) is 18.7 Å². The maximum atomic E-state index is 12.4. The summed E-state index contributed by atoms with van der Waals surface area (Å²) in [5.74, 6) is 0.307. The highest BCUT2D eigenvalue weighted by Crippen LogP contribution is 2.28. The Morgan fingerprint density at radius 2 is 2.09 bits per heavy atom. The third kappa shape index (κ3) is 4.94. The maximum absolute atomic E-state index is 12.4. The number of benzene rings is 1. The number of methoxy groups -OCH3 is 1. The maximum Gasteiger partial charge on any atom is 0.261 e. The summed E-state index contributed by atoms with van der Waals surface area (Å²) in [6.07, 6.45) is 2.80. The molecule has 124 valence electrons. The number of rotatable bonds is 5. The molecule has 1 amide bonds. The van der Waals surface area contributed by atoms with Crippen LogP contribution in [0, 0.1) is 5.41 Å².